The molecule has 0 bridgehead atoms. The zero-order chi connectivity index (χ0) is 22.5. The van der Waals surface area contributed by atoms with E-state index in [1.807, 2.05) is 6.07 Å². The van der Waals surface area contributed by atoms with Crippen LogP contribution in [0.15, 0.2) is 56.5 Å². The molecular formula is C20H17Br2N5O4. The fraction of sp³-hybridized carbons (Fsp3) is 0.150. The molecule has 0 saturated heterocycles. The molecule has 9 nitrogen and oxygen atoms in total. The summed E-state index contributed by atoms with van der Waals surface area (Å²) >= 11 is 6.54. The number of hydrogen-bond donors (Lipinski definition) is 1. The number of carbonyl (C=O) groups is 1. The number of amides is 1. The van der Waals surface area contributed by atoms with Crippen molar-refractivity contribution in [3.63, 3.8) is 0 Å². The van der Waals surface area contributed by atoms with Crippen molar-refractivity contribution >= 4 is 49.8 Å². The van der Waals surface area contributed by atoms with Crippen molar-refractivity contribution in [2.45, 2.75) is 13.5 Å². The normalized spacial score (nSPS) is 11.0. The zero-order valence-electron chi connectivity index (χ0n) is 16.5. The largest absolute Gasteiger partial charge is 0.496 e. The van der Waals surface area contributed by atoms with Crippen molar-refractivity contribution in [2.75, 3.05) is 7.11 Å². The topological polar surface area (TPSA) is 112 Å². The van der Waals surface area contributed by atoms with Crippen LogP contribution in [0.2, 0.25) is 0 Å². The van der Waals surface area contributed by atoms with Gasteiger partial charge in [0.2, 0.25) is 0 Å². The second kappa shape index (κ2) is 9.84. The van der Waals surface area contributed by atoms with E-state index in [9.17, 15) is 14.9 Å². The van der Waals surface area contributed by atoms with Crippen molar-refractivity contribution in [3.05, 3.63) is 83.9 Å². The van der Waals surface area contributed by atoms with Crippen molar-refractivity contribution in [3.8, 4) is 5.75 Å². The maximum atomic E-state index is 12.2. The van der Waals surface area contributed by atoms with E-state index in [-0.39, 0.29) is 18.3 Å². The van der Waals surface area contributed by atoms with Gasteiger partial charge in [0.1, 0.15) is 10.2 Å². The summed E-state index contributed by atoms with van der Waals surface area (Å²) in [5, 5.41) is 19.2. The summed E-state index contributed by atoms with van der Waals surface area (Å²) in [4.78, 5) is 22.7. The number of halogens is 2. The van der Waals surface area contributed by atoms with E-state index in [2.05, 4.69) is 47.5 Å². The maximum Gasteiger partial charge on any atom is 0.404 e. The number of rotatable bonds is 7. The SMILES string of the molecule is COc1ccc(/C=N\NC(=O)c2ccc(Br)cc2)cc1Cn1nc([N+](=O)[O-])c(Br)c1C. The fourth-order valence-electron chi connectivity index (χ4n) is 2.77. The highest BCUT2D eigenvalue weighted by molar-refractivity contribution is 9.10. The summed E-state index contributed by atoms with van der Waals surface area (Å²) in [5.41, 5.74) is 5.05. The molecule has 0 aliphatic rings. The van der Waals surface area contributed by atoms with Gasteiger partial charge >= 0.3 is 5.82 Å². The Balaban J connectivity index is 1.78. The molecule has 0 spiro atoms. The van der Waals surface area contributed by atoms with Crippen LogP contribution in [0.1, 0.15) is 27.2 Å². The molecule has 1 heterocycles. The van der Waals surface area contributed by atoms with Crippen LogP contribution in [0.25, 0.3) is 0 Å². The minimum atomic E-state index is -0.540. The first-order valence-corrected chi connectivity index (χ1v) is 10.5. The van der Waals surface area contributed by atoms with Gasteiger partial charge in [-0.05, 0) is 75.8 Å². The third-order valence-corrected chi connectivity index (χ3v) is 5.86. The van der Waals surface area contributed by atoms with Crippen LogP contribution in [-0.4, -0.2) is 33.9 Å². The number of methoxy groups -OCH3 is 1. The molecule has 0 aliphatic heterocycles. The number of aromatic nitrogens is 2. The van der Waals surface area contributed by atoms with Crippen LogP contribution in [0.3, 0.4) is 0 Å². The Kier molecular flexibility index (Phi) is 7.18. The molecule has 0 saturated carbocycles. The predicted molar refractivity (Wildman–Crippen MR) is 123 cm³/mol. The molecule has 160 valence electrons. The molecule has 11 heteroatoms. The van der Waals surface area contributed by atoms with E-state index in [1.165, 1.54) is 10.9 Å². The van der Waals surface area contributed by atoms with E-state index < -0.39 is 4.92 Å². The molecule has 0 fully saturated rings. The molecule has 0 aliphatic carbocycles. The number of hydrogen-bond acceptors (Lipinski definition) is 6. The summed E-state index contributed by atoms with van der Waals surface area (Å²) in [6, 6.07) is 12.3. The van der Waals surface area contributed by atoms with Gasteiger partial charge in [-0.1, -0.05) is 15.9 Å². The van der Waals surface area contributed by atoms with Gasteiger partial charge in [0.15, 0.2) is 0 Å². The quantitative estimate of drug-likeness (QED) is 0.265. The first-order chi connectivity index (χ1) is 14.8. The summed E-state index contributed by atoms with van der Waals surface area (Å²) in [7, 11) is 1.54. The Hall–Kier alpha value is -3.05. The van der Waals surface area contributed by atoms with Crippen molar-refractivity contribution < 1.29 is 14.5 Å². The minimum Gasteiger partial charge on any atom is -0.496 e. The average molecular weight is 551 g/mol. The number of hydrazone groups is 1. The van der Waals surface area contributed by atoms with Crippen molar-refractivity contribution in [1.29, 1.82) is 0 Å². The van der Waals surface area contributed by atoms with Crippen LogP contribution >= 0.6 is 31.9 Å². The predicted octanol–water partition coefficient (Wildman–Crippen LogP) is 4.45. The zero-order valence-corrected chi connectivity index (χ0v) is 19.7. The summed E-state index contributed by atoms with van der Waals surface area (Å²) in [5.74, 6) is 0.0244. The number of nitro groups is 1. The monoisotopic (exact) mass is 549 g/mol. The van der Waals surface area contributed by atoms with Crippen LogP contribution in [0.5, 0.6) is 5.75 Å². The second-order valence-electron chi connectivity index (χ2n) is 6.42. The van der Waals surface area contributed by atoms with Crippen molar-refractivity contribution in [2.24, 2.45) is 5.10 Å². The van der Waals surface area contributed by atoms with E-state index in [0.29, 0.717) is 27.0 Å². The molecule has 0 unspecified atom stereocenters. The third-order valence-electron chi connectivity index (χ3n) is 4.40. The molecular weight excluding hydrogens is 534 g/mol. The van der Waals surface area contributed by atoms with Gasteiger partial charge < -0.3 is 14.9 Å². The standard InChI is InChI=1S/C20H17Br2N5O4/c1-12-18(22)19(27(29)30)25-26(12)11-15-9-13(3-8-17(15)31-2)10-23-24-20(28)14-4-6-16(21)7-5-14/h3-10H,11H2,1-2H3,(H,24,28)/b23-10-. The van der Waals surface area contributed by atoms with Crippen LogP contribution in [0, 0.1) is 17.0 Å². The summed E-state index contributed by atoms with van der Waals surface area (Å²) < 4.78 is 8.14. The minimum absolute atomic E-state index is 0.246. The van der Waals surface area contributed by atoms with Crippen LogP contribution < -0.4 is 10.2 Å². The number of benzene rings is 2. The first-order valence-electron chi connectivity index (χ1n) is 8.93. The molecule has 3 rings (SSSR count). The Morgan fingerprint density at radius 2 is 2.00 bits per heavy atom. The van der Waals surface area contributed by atoms with Gasteiger partial charge in [0.25, 0.3) is 5.91 Å². The Morgan fingerprint density at radius 3 is 2.61 bits per heavy atom. The van der Waals surface area contributed by atoms with E-state index in [1.54, 1.807) is 50.4 Å². The third kappa shape index (κ3) is 5.36. The lowest BCUT2D eigenvalue weighted by molar-refractivity contribution is -0.390. The molecule has 2 aromatic carbocycles. The van der Waals surface area contributed by atoms with Gasteiger partial charge in [0.05, 0.1) is 30.7 Å². The summed E-state index contributed by atoms with van der Waals surface area (Å²) in [6.45, 7) is 1.99. The highest BCUT2D eigenvalue weighted by atomic mass is 79.9. The maximum absolute atomic E-state index is 12.2. The van der Waals surface area contributed by atoms with Gasteiger partial charge in [-0.3, -0.25) is 4.79 Å². The average Bonchev–Trinajstić information content (AvgIpc) is 3.03. The van der Waals surface area contributed by atoms with E-state index in [4.69, 9.17) is 4.74 Å². The second-order valence-corrected chi connectivity index (χ2v) is 8.12. The fourth-order valence-corrected chi connectivity index (χ4v) is 3.47. The highest BCUT2D eigenvalue weighted by Crippen LogP contribution is 2.29. The van der Waals surface area contributed by atoms with Gasteiger partial charge in [-0.2, -0.15) is 9.78 Å². The molecule has 3 aromatic rings. The highest BCUT2D eigenvalue weighted by Gasteiger charge is 2.24. The lowest BCUT2D eigenvalue weighted by Gasteiger charge is -2.09. The smallest absolute Gasteiger partial charge is 0.404 e. The lowest BCUT2D eigenvalue weighted by Crippen LogP contribution is -2.17. The number of ether oxygens (including phenoxy) is 1. The molecule has 1 aromatic heterocycles. The number of carbonyl (C=O) groups excluding carboxylic acids is 1. The van der Waals surface area contributed by atoms with E-state index in [0.717, 1.165) is 10.0 Å². The Labute approximate surface area is 194 Å². The lowest BCUT2D eigenvalue weighted by atomic mass is 10.1. The summed E-state index contributed by atoms with van der Waals surface area (Å²) in [6.07, 6.45) is 1.51. The van der Waals surface area contributed by atoms with Crippen LogP contribution in [0.4, 0.5) is 5.82 Å². The first kappa shape index (κ1) is 22.6. The van der Waals surface area contributed by atoms with Crippen molar-refractivity contribution in [1.82, 2.24) is 15.2 Å². The molecule has 31 heavy (non-hydrogen) atoms. The Bertz CT molecular complexity index is 1160. The van der Waals surface area contributed by atoms with Crippen LogP contribution in [-0.2, 0) is 6.54 Å². The Morgan fingerprint density at radius 1 is 1.29 bits per heavy atom. The van der Waals surface area contributed by atoms with Gasteiger partial charge in [-0.25, -0.2) is 5.43 Å². The molecule has 1 amide bonds. The number of nitrogens with one attached hydrogen (secondary N) is 1. The molecule has 0 atom stereocenters. The number of nitrogens with zero attached hydrogens (tertiary/aromatic N) is 4. The van der Waals surface area contributed by atoms with Gasteiger partial charge in [-0.15, -0.1) is 0 Å². The molecule has 1 N–H and O–H groups in total. The van der Waals surface area contributed by atoms with Gasteiger partial charge in [0, 0.05) is 15.6 Å². The molecule has 0 radical (unpaired) electrons. The van der Waals surface area contributed by atoms with E-state index >= 15 is 0 Å².